The SMILES string of the molecule is C#CCn1c(SCc2cccc(F)c2)nc(-c2ccccc2)c1-c1ccccc1. The van der Waals surface area contributed by atoms with Crippen molar-refractivity contribution in [3.63, 3.8) is 0 Å². The summed E-state index contributed by atoms with van der Waals surface area (Å²) < 4.78 is 15.6. The van der Waals surface area contributed by atoms with Crippen molar-refractivity contribution in [2.75, 3.05) is 0 Å². The lowest BCUT2D eigenvalue weighted by atomic mass is 10.0. The molecule has 142 valence electrons. The van der Waals surface area contributed by atoms with Crippen LogP contribution in [0.2, 0.25) is 0 Å². The molecule has 4 aromatic rings. The van der Waals surface area contributed by atoms with Crippen LogP contribution in [0.1, 0.15) is 5.56 Å². The molecule has 0 fully saturated rings. The van der Waals surface area contributed by atoms with Crippen molar-refractivity contribution in [3.8, 4) is 34.9 Å². The first kappa shape index (κ1) is 19.0. The molecule has 0 saturated carbocycles. The van der Waals surface area contributed by atoms with Crippen LogP contribution in [0.3, 0.4) is 0 Å². The molecule has 0 amide bonds. The van der Waals surface area contributed by atoms with Gasteiger partial charge in [-0.25, -0.2) is 9.37 Å². The first-order valence-electron chi connectivity index (χ1n) is 9.28. The average molecular weight is 399 g/mol. The van der Waals surface area contributed by atoms with E-state index in [1.807, 2.05) is 42.5 Å². The van der Waals surface area contributed by atoms with Gasteiger partial charge in [-0.15, -0.1) is 6.42 Å². The third kappa shape index (κ3) is 4.26. The summed E-state index contributed by atoms with van der Waals surface area (Å²) in [5.41, 5.74) is 4.90. The number of aromatic nitrogens is 2. The number of terminal acetylenes is 1. The molecule has 0 saturated heterocycles. The number of imidazole rings is 1. The van der Waals surface area contributed by atoms with Gasteiger partial charge in [-0.3, -0.25) is 0 Å². The van der Waals surface area contributed by atoms with Crippen molar-refractivity contribution in [2.45, 2.75) is 17.5 Å². The highest BCUT2D eigenvalue weighted by molar-refractivity contribution is 7.98. The maximum Gasteiger partial charge on any atom is 0.170 e. The number of hydrogen-bond donors (Lipinski definition) is 0. The van der Waals surface area contributed by atoms with Crippen molar-refractivity contribution in [3.05, 3.63) is 96.3 Å². The van der Waals surface area contributed by atoms with E-state index < -0.39 is 0 Å². The first-order valence-corrected chi connectivity index (χ1v) is 10.3. The fourth-order valence-corrected chi connectivity index (χ4v) is 4.18. The second-order valence-electron chi connectivity index (χ2n) is 6.53. The molecular weight excluding hydrogens is 379 g/mol. The number of nitrogens with zero attached hydrogens (tertiary/aromatic N) is 2. The Hall–Kier alpha value is -3.29. The lowest BCUT2D eigenvalue weighted by Gasteiger charge is -2.10. The van der Waals surface area contributed by atoms with Crippen LogP contribution in [-0.4, -0.2) is 9.55 Å². The van der Waals surface area contributed by atoms with Gasteiger partial charge >= 0.3 is 0 Å². The lowest BCUT2D eigenvalue weighted by molar-refractivity contribution is 0.626. The van der Waals surface area contributed by atoms with Gasteiger partial charge in [0.15, 0.2) is 5.16 Å². The molecule has 0 unspecified atom stereocenters. The summed E-state index contributed by atoms with van der Waals surface area (Å²) in [7, 11) is 0. The van der Waals surface area contributed by atoms with E-state index >= 15 is 0 Å². The largest absolute Gasteiger partial charge is 0.307 e. The lowest BCUT2D eigenvalue weighted by Crippen LogP contribution is -2.01. The Bertz CT molecular complexity index is 1140. The molecule has 2 nitrogen and oxygen atoms in total. The Morgan fingerprint density at radius 3 is 2.24 bits per heavy atom. The Morgan fingerprint density at radius 2 is 1.59 bits per heavy atom. The monoisotopic (exact) mass is 398 g/mol. The number of halogens is 1. The molecule has 0 atom stereocenters. The molecule has 4 heteroatoms. The van der Waals surface area contributed by atoms with E-state index in [2.05, 4.69) is 34.8 Å². The maximum absolute atomic E-state index is 13.5. The maximum atomic E-state index is 13.5. The van der Waals surface area contributed by atoms with Crippen LogP contribution in [0.5, 0.6) is 0 Å². The highest BCUT2D eigenvalue weighted by Crippen LogP contribution is 2.36. The zero-order valence-electron chi connectivity index (χ0n) is 15.8. The normalized spacial score (nSPS) is 10.6. The molecule has 29 heavy (non-hydrogen) atoms. The van der Waals surface area contributed by atoms with Crippen LogP contribution >= 0.6 is 11.8 Å². The highest BCUT2D eigenvalue weighted by Gasteiger charge is 2.20. The van der Waals surface area contributed by atoms with Crippen LogP contribution in [0.4, 0.5) is 4.39 Å². The standard InChI is InChI=1S/C25H19FN2S/c1-2-16-28-24(21-13-7-4-8-14-21)23(20-11-5-3-6-12-20)27-25(28)29-18-19-10-9-15-22(26)17-19/h1,3-15,17H,16,18H2. The van der Waals surface area contributed by atoms with E-state index in [9.17, 15) is 4.39 Å². The van der Waals surface area contributed by atoms with Crippen LogP contribution in [0, 0.1) is 18.2 Å². The fraction of sp³-hybridized carbons (Fsp3) is 0.0800. The number of thioether (sulfide) groups is 1. The summed E-state index contributed by atoms with van der Waals surface area (Å²) in [5.74, 6) is 3.14. The number of benzene rings is 3. The van der Waals surface area contributed by atoms with Crippen molar-refractivity contribution < 1.29 is 4.39 Å². The van der Waals surface area contributed by atoms with E-state index in [0.717, 1.165) is 33.2 Å². The third-order valence-corrected chi connectivity index (χ3v) is 5.58. The van der Waals surface area contributed by atoms with E-state index in [1.165, 1.54) is 6.07 Å². The van der Waals surface area contributed by atoms with Gasteiger partial charge in [0.05, 0.1) is 17.9 Å². The Morgan fingerprint density at radius 1 is 0.897 bits per heavy atom. The molecule has 4 rings (SSSR count). The second kappa shape index (κ2) is 8.81. The number of hydrogen-bond acceptors (Lipinski definition) is 2. The molecular formula is C25H19FN2S. The van der Waals surface area contributed by atoms with Crippen LogP contribution in [0.15, 0.2) is 90.1 Å². The molecule has 3 aromatic carbocycles. The Balaban J connectivity index is 1.81. The van der Waals surface area contributed by atoms with Crippen LogP contribution in [-0.2, 0) is 12.3 Å². The zero-order chi connectivity index (χ0) is 20.1. The van der Waals surface area contributed by atoms with Crippen LogP contribution in [0.25, 0.3) is 22.5 Å². The summed E-state index contributed by atoms with van der Waals surface area (Å²) >= 11 is 1.56. The van der Waals surface area contributed by atoms with Crippen molar-refractivity contribution >= 4 is 11.8 Å². The number of rotatable bonds is 6. The van der Waals surface area contributed by atoms with Gasteiger partial charge < -0.3 is 4.57 Å². The minimum atomic E-state index is -0.231. The van der Waals surface area contributed by atoms with E-state index in [0.29, 0.717) is 12.3 Å². The minimum absolute atomic E-state index is 0.231. The summed E-state index contributed by atoms with van der Waals surface area (Å²) in [6.07, 6.45) is 5.69. The first-order chi connectivity index (χ1) is 14.3. The molecule has 1 heterocycles. The summed E-state index contributed by atoms with van der Waals surface area (Å²) in [4.78, 5) is 4.95. The quantitative estimate of drug-likeness (QED) is 0.281. The minimum Gasteiger partial charge on any atom is -0.307 e. The molecule has 0 spiro atoms. The van der Waals surface area contributed by atoms with Crippen molar-refractivity contribution in [1.29, 1.82) is 0 Å². The Labute approximate surface area is 174 Å². The molecule has 1 aromatic heterocycles. The van der Waals surface area contributed by atoms with E-state index in [-0.39, 0.29) is 5.82 Å². The smallest absolute Gasteiger partial charge is 0.170 e. The van der Waals surface area contributed by atoms with Gasteiger partial charge in [0.25, 0.3) is 0 Å². The van der Waals surface area contributed by atoms with E-state index in [1.54, 1.807) is 23.9 Å². The summed E-state index contributed by atoms with van der Waals surface area (Å²) in [5, 5.41) is 0.824. The van der Waals surface area contributed by atoms with Crippen molar-refractivity contribution in [1.82, 2.24) is 9.55 Å². The van der Waals surface area contributed by atoms with Gasteiger partial charge in [-0.1, -0.05) is 90.5 Å². The molecule has 0 aliphatic heterocycles. The van der Waals surface area contributed by atoms with Gasteiger partial charge in [-0.05, 0) is 17.7 Å². The molecule has 0 radical (unpaired) electrons. The topological polar surface area (TPSA) is 17.8 Å². The fourth-order valence-electron chi connectivity index (χ4n) is 3.24. The van der Waals surface area contributed by atoms with Gasteiger partial charge in [0, 0.05) is 16.9 Å². The van der Waals surface area contributed by atoms with E-state index in [4.69, 9.17) is 11.4 Å². The average Bonchev–Trinajstić information content (AvgIpc) is 3.12. The van der Waals surface area contributed by atoms with Crippen molar-refractivity contribution in [2.24, 2.45) is 0 Å². The van der Waals surface area contributed by atoms with Gasteiger partial charge in [-0.2, -0.15) is 0 Å². The highest BCUT2D eigenvalue weighted by atomic mass is 32.2. The summed E-state index contributed by atoms with van der Waals surface area (Å²) in [6, 6.07) is 26.9. The van der Waals surface area contributed by atoms with Gasteiger partial charge in [0.1, 0.15) is 5.82 Å². The second-order valence-corrected chi connectivity index (χ2v) is 7.48. The molecule has 0 N–H and O–H groups in total. The summed E-state index contributed by atoms with van der Waals surface area (Å²) in [6.45, 7) is 0.412. The van der Waals surface area contributed by atoms with Gasteiger partial charge in [0.2, 0.25) is 0 Å². The Kier molecular flexibility index (Phi) is 5.79. The molecule has 0 aliphatic carbocycles. The predicted molar refractivity (Wildman–Crippen MR) is 118 cm³/mol. The predicted octanol–water partition coefficient (Wildman–Crippen LogP) is 6.28. The molecule has 0 bridgehead atoms. The molecule has 0 aliphatic rings. The third-order valence-electron chi connectivity index (χ3n) is 4.53. The van der Waals surface area contributed by atoms with Crippen LogP contribution < -0.4 is 0 Å². The zero-order valence-corrected chi connectivity index (χ0v) is 16.6.